The van der Waals surface area contributed by atoms with Crippen LogP contribution in [0.4, 0.5) is 0 Å². The molecule has 4 rings (SSSR count). The maximum absolute atomic E-state index is 6.04. The number of hydrogen-bond donors (Lipinski definition) is 0. The fourth-order valence-electron chi connectivity index (χ4n) is 2.46. The molecule has 0 spiro atoms. The van der Waals surface area contributed by atoms with Gasteiger partial charge in [0, 0.05) is 17.3 Å². The van der Waals surface area contributed by atoms with E-state index in [4.69, 9.17) is 19.0 Å². The van der Waals surface area contributed by atoms with Gasteiger partial charge in [0.05, 0.1) is 7.11 Å². The first kappa shape index (κ1) is 17.3. The van der Waals surface area contributed by atoms with Crippen LogP contribution in [-0.2, 0) is 4.84 Å². The Labute approximate surface area is 161 Å². The predicted octanol–water partition coefficient (Wildman–Crippen LogP) is 4.89. The molecule has 0 N–H and O–H groups in total. The fraction of sp³-hybridized carbons (Fsp3) is 0.0952. The summed E-state index contributed by atoms with van der Waals surface area (Å²) in [5.74, 6) is 2.01. The maximum atomic E-state index is 6.04. The summed E-state index contributed by atoms with van der Waals surface area (Å²) in [5.41, 5.74) is 0.885. The zero-order valence-corrected chi connectivity index (χ0v) is 15.4. The molecule has 0 aromatic heterocycles. The summed E-state index contributed by atoms with van der Waals surface area (Å²) in [5, 5.41) is 3.41. The van der Waals surface area contributed by atoms with Crippen LogP contribution in [0, 0.1) is 0 Å². The van der Waals surface area contributed by atoms with Gasteiger partial charge >= 0.3 is 5.31 Å². The molecular weight excluding hydrogens is 362 g/mol. The van der Waals surface area contributed by atoms with E-state index in [1.54, 1.807) is 7.11 Å². The van der Waals surface area contributed by atoms with Crippen molar-refractivity contribution >= 4 is 16.8 Å². The van der Waals surface area contributed by atoms with Crippen molar-refractivity contribution in [2.45, 2.75) is 5.31 Å². The molecule has 1 aliphatic rings. The summed E-state index contributed by atoms with van der Waals surface area (Å²) in [7, 11) is 1.63. The van der Waals surface area contributed by atoms with Gasteiger partial charge in [-0.2, -0.15) is 0 Å². The number of oxime groups is 1. The van der Waals surface area contributed by atoms with Crippen LogP contribution in [0.5, 0.6) is 17.2 Å². The van der Waals surface area contributed by atoms with E-state index in [0.717, 1.165) is 11.3 Å². The van der Waals surface area contributed by atoms with Gasteiger partial charge in [-0.15, -0.1) is 0 Å². The van der Waals surface area contributed by atoms with Crippen molar-refractivity contribution in [1.29, 1.82) is 0 Å². The molecule has 0 unspecified atom stereocenters. The number of hydrogen-bond acceptors (Lipinski definition) is 6. The second kappa shape index (κ2) is 7.63. The Balaban J connectivity index is 1.59. The van der Waals surface area contributed by atoms with Crippen LogP contribution in [0.3, 0.4) is 0 Å². The summed E-state index contributed by atoms with van der Waals surface area (Å²) in [6.45, 7) is 0. The molecule has 0 saturated carbocycles. The van der Waals surface area contributed by atoms with E-state index in [0.29, 0.717) is 16.5 Å². The van der Waals surface area contributed by atoms with E-state index in [1.807, 2.05) is 84.9 Å². The fourth-order valence-corrected chi connectivity index (χ4v) is 3.38. The van der Waals surface area contributed by atoms with Gasteiger partial charge in [-0.3, -0.25) is 4.84 Å². The highest BCUT2D eigenvalue weighted by atomic mass is 32.2. The molecule has 3 aromatic rings. The van der Waals surface area contributed by atoms with Crippen LogP contribution in [0.15, 0.2) is 90.1 Å². The van der Waals surface area contributed by atoms with E-state index in [9.17, 15) is 0 Å². The van der Waals surface area contributed by atoms with Gasteiger partial charge in [0.1, 0.15) is 17.2 Å². The Kier molecular flexibility index (Phi) is 4.89. The summed E-state index contributed by atoms with van der Waals surface area (Å²) in [6, 6.07) is 26.3. The van der Waals surface area contributed by atoms with E-state index >= 15 is 0 Å². The van der Waals surface area contributed by atoms with Crippen molar-refractivity contribution in [2.75, 3.05) is 7.11 Å². The number of thioether (sulfide) groups is 1. The Bertz CT molecular complexity index is 872. The van der Waals surface area contributed by atoms with Crippen LogP contribution in [0.25, 0.3) is 0 Å². The number of ether oxygens (including phenoxy) is 3. The van der Waals surface area contributed by atoms with Crippen LogP contribution in [0.1, 0.15) is 5.56 Å². The predicted molar refractivity (Wildman–Crippen MR) is 105 cm³/mol. The Morgan fingerprint density at radius 1 is 0.741 bits per heavy atom. The molecule has 3 aromatic carbocycles. The number of rotatable bonds is 6. The minimum atomic E-state index is -1.45. The number of nitrogens with zero attached hydrogens (tertiary/aromatic N) is 1. The van der Waals surface area contributed by atoms with Crippen molar-refractivity contribution in [3.8, 4) is 17.2 Å². The summed E-state index contributed by atoms with van der Waals surface area (Å²) >= 11 is 1.26. The van der Waals surface area contributed by atoms with Crippen LogP contribution in [-0.4, -0.2) is 17.5 Å². The molecule has 0 atom stereocenters. The molecule has 27 heavy (non-hydrogen) atoms. The third-order valence-corrected chi connectivity index (χ3v) is 4.77. The van der Waals surface area contributed by atoms with Gasteiger partial charge in [0.2, 0.25) is 0 Å². The highest BCUT2D eigenvalue weighted by Crippen LogP contribution is 2.40. The molecule has 136 valence electrons. The van der Waals surface area contributed by atoms with Gasteiger partial charge in [0.15, 0.2) is 5.04 Å². The molecule has 0 amide bonds. The highest BCUT2D eigenvalue weighted by Gasteiger charge is 2.47. The van der Waals surface area contributed by atoms with Crippen molar-refractivity contribution in [3.63, 3.8) is 0 Å². The highest BCUT2D eigenvalue weighted by molar-refractivity contribution is 8.15. The largest absolute Gasteiger partial charge is 0.500 e. The molecule has 0 saturated heterocycles. The molecule has 1 heterocycles. The molecule has 0 radical (unpaired) electrons. The van der Waals surface area contributed by atoms with Crippen molar-refractivity contribution in [3.05, 3.63) is 90.5 Å². The van der Waals surface area contributed by atoms with Gasteiger partial charge in [-0.05, 0) is 48.5 Å². The van der Waals surface area contributed by atoms with Gasteiger partial charge in [0.25, 0.3) is 0 Å². The number of benzene rings is 3. The molecular formula is C21H17NO4S. The van der Waals surface area contributed by atoms with Crippen molar-refractivity contribution in [1.82, 2.24) is 0 Å². The molecule has 1 aliphatic heterocycles. The lowest BCUT2D eigenvalue weighted by molar-refractivity contribution is -0.226. The van der Waals surface area contributed by atoms with Crippen LogP contribution >= 0.6 is 11.8 Å². The molecule has 0 fully saturated rings. The maximum Gasteiger partial charge on any atom is 0.500 e. The average molecular weight is 379 g/mol. The quantitative estimate of drug-likeness (QED) is 0.571. The number of methoxy groups -OCH3 is 1. The van der Waals surface area contributed by atoms with Crippen molar-refractivity contribution in [2.24, 2.45) is 5.16 Å². The topological polar surface area (TPSA) is 49.3 Å². The first-order chi connectivity index (χ1) is 13.3. The van der Waals surface area contributed by atoms with Gasteiger partial charge < -0.3 is 14.2 Å². The minimum Gasteiger partial charge on any atom is -0.497 e. The zero-order valence-electron chi connectivity index (χ0n) is 14.6. The standard InChI is InChI=1S/C21H17NO4S/c1-23-17-14-12-16(13-15-17)20-22-26-21(27-20,24-18-8-4-2-5-9-18)25-19-10-6-3-7-11-19/h2-15H,1H3. The third-order valence-electron chi connectivity index (χ3n) is 3.77. The third kappa shape index (κ3) is 4.01. The molecule has 0 aliphatic carbocycles. The van der Waals surface area contributed by atoms with E-state index in [2.05, 4.69) is 5.16 Å². The smallest absolute Gasteiger partial charge is 0.497 e. The second-order valence-electron chi connectivity index (χ2n) is 5.65. The van der Waals surface area contributed by atoms with Gasteiger partial charge in [-0.1, -0.05) is 41.6 Å². The molecule has 6 heteroatoms. The lowest BCUT2D eigenvalue weighted by Crippen LogP contribution is -2.39. The Morgan fingerprint density at radius 3 is 1.81 bits per heavy atom. The van der Waals surface area contributed by atoms with Gasteiger partial charge in [-0.25, -0.2) is 0 Å². The monoisotopic (exact) mass is 379 g/mol. The minimum absolute atomic E-state index is 0.618. The summed E-state index contributed by atoms with van der Waals surface area (Å²) < 4.78 is 17.3. The van der Waals surface area contributed by atoms with E-state index in [1.165, 1.54) is 11.8 Å². The average Bonchev–Trinajstić information content (AvgIpc) is 3.13. The van der Waals surface area contributed by atoms with Crippen molar-refractivity contribution < 1.29 is 19.0 Å². The van der Waals surface area contributed by atoms with Crippen LogP contribution < -0.4 is 14.2 Å². The Hall–Kier alpha value is -3.12. The SMILES string of the molecule is COc1ccc(C2=NOC(Oc3ccccc3)(Oc3ccccc3)S2)cc1. The first-order valence-corrected chi connectivity index (χ1v) is 9.16. The first-order valence-electron chi connectivity index (χ1n) is 8.34. The Morgan fingerprint density at radius 2 is 1.30 bits per heavy atom. The number of para-hydroxylation sites is 2. The molecule has 5 nitrogen and oxygen atoms in total. The van der Waals surface area contributed by atoms with E-state index < -0.39 is 5.31 Å². The molecule has 0 bridgehead atoms. The lowest BCUT2D eigenvalue weighted by atomic mass is 10.2. The van der Waals surface area contributed by atoms with E-state index in [-0.39, 0.29) is 0 Å². The van der Waals surface area contributed by atoms with Crippen LogP contribution in [0.2, 0.25) is 0 Å². The normalized spacial score (nSPS) is 14.8. The zero-order chi connectivity index (χ0) is 18.5. The summed E-state index contributed by atoms with van der Waals surface area (Å²) in [6.07, 6.45) is 0. The second-order valence-corrected chi connectivity index (χ2v) is 6.74. The summed E-state index contributed by atoms with van der Waals surface area (Å²) in [4.78, 5) is 5.65. The lowest BCUT2D eigenvalue weighted by Gasteiger charge is -2.26.